The second-order valence-electron chi connectivity index (χ2n) is 5.76. The first-order valence-electron chi connectivity index (χ1n) is 6.47. The molecule has 0 aromatic carbocycles. The van der Waals surface area contributed by atoms with E-state index in [1.54, 1.807) is 12.2 Å². The summed E-state index contributed by atoms with van der Waals surface area (Å²) >= 11 is 0. The van der Waals surface area contributed by atoms with Gasteiger partial charge < -0.3 is 10.1 Å². The molecule has 4 nitrogen and oxygen atoms in total. The van der Waals surface area contributed by atoms with E-state index in [0.717, 1.165) is 12.8 Å². The van der Waals surface area contributed by atoms with Gasteiger partial charge in [0.1, 0.15) is 5.60 Å². The lowest BCUT2D eigenvalue weighted by Crippen LogP contribution is -2.41. The number of nitrogens with one attached hydrogen (secondary N) is 1. The Morgan fingerprint density at radius 2 is 2.00 bits per heavy atom. The lowest BCUT2D eigenvalue weighted by atomic mass is 10.1. The minimum atomic E-state index is -0.508. The fraction of sp³-hybridized carbons (Fsp3) is 0.714. The van der Waals surface area contributed by atoms with Crippen molar-refractivity contribution in [3.8, 4) is 0 Å². The molecule has 0 spiro atoms. The maximum absolute atomic E-state index is 11.7. The molecule has 4 heteroatoms. The Labute approximate surface area is 109 Å². The van der Waals surface area contributed by atoms with E-state index in [2.05, 4.69) is 5.32 Å². The predicted molar refractivity (Wildman–Crippen MR) is 70.3 cm³/mol. The predicted octanol–water partition coefficient (Wildman–Crippen LogP) is 2.83. The molecule has 0 aromatic rings. The fourth-order valence-electron chi connectivity index (χ4n) is 1.76. The van der Waals surface area contributed by atoms with Crippen LogP contribution in [0.5, 0.6) is 0 Å². The van der Waals surface area contributed by atoms with Crippen LogP contribution >= 0.6 is 0 Å². The molecular formula is C14H23NO3. The van der Waals surface area contributed by atoms with E-state index in [9.17, 15) is 9.59 Å². The van der Waals surface area contributed by atoms with Crippen molar-refractivity contribution in [3.05, 3.63) is 12.2 Å². The van der Waals surface area contributed by atoms with Crippen LogP contribution < -0.4 is 5.32 Å². The average Bonchev–Trinajstić information content (AvgIpc) is 2.96. The van der Waals surface area contributed by atoms with E-state index in [4.69, 9.17) is 4.74 Å². The zero-order valence-corrected chi connectivity index (χ0v) is 11.7. The van der Waals surface area contributed by atoms with Crippen molar-refractivity contribution in [1.29, 1.82) is 0 Å². The molecule has 1 N–H and O–H groups in total. The zero-order valence-electron chi connectivity index (χ0n) is 11.7. The summed E-state index contributed by atoms with van der Waals surface area (Å²) < 4.78 is 5.21. The van der Waals surface area contributed by atoms with E-state index in [0.29, 0.717) is 12.3 Å². The molecular weight excluding hydrogens is 230 g/mol. The van der Waals surface area contributed by atoms with Crippen LogP contribution in [0.15, 0.2) is 12.2 Å². The molecule has 102 valence electrons. The quantitative estimate of drug-likeness (QED) is 0.766. The lowest BCUT2D eigenvalue weighted by molar-refractivity contribution is -0.115. The maximum atomic E-state index is 11.7. The molecule has 1 aliphatic carbocycles. The Hall–Kier alpha value is -1.32. The van der Waals surface area contributed by atoms with E-state index in [1.165, 1.54) is 0 Å². The SMILES string of the molecule is C/C=C/C(=O)CC(NC(=O)OC(C)(C)C)C1CC1. The highest BCUT2D eigenvalue weighted by atomic mass is 16.6. The Kier molecular flexibility index (Phi) is 4.93. The highest BCUT2D eigenvalue weighted by Gasteiger charge is 2.34. The van der Waals surface area contributed by atoms with Crippen molar-refractivity contribution in [2.24, 2.45) is 5.92 Å². The first-order chi connectivity index (χ1) is 8.31. The number of amides is 1. The molecule has 0 bridgehead atoms. The third kappa shape index (κ3) is 5.84. The third-order valence-corrected chi connectivity index (χ3v) is 2.67. The molecule has 1 saturated carbocycles. The number of ketones is 1. The van der Waals surface area contributed by atoms with Crippen molar-refractivity contribution >= 4 is 11.9 Å². The van der Waals surface area contributed by atoms with Gasteiger partial charge >= 0.3 is 6.09 Å². The minimum Gasteiger partial charge on any atom is -0.444 e. The van der Waals surface area contributed by atoms with Crippen LogP contribution in [0.2, 0.25) is 0 Å². The van der Waals surface area contributed by atoms with Crippen molar-refractivity contribution in [2.45, 2.75) is 58.6 Å². The van der Waals surface area contributed by atoms with Crippen LogP contribution in [0.4, 0.5) is 4.79 Å². The molecule has 0 aromatic heterocycles. The fourth-order valence-corrected chi connectivity index (χ4v) is 1.76. The monoisotopic (exact) mass is 253 g/mol. The van der Waals surface area contributed by atoms with Crippen molar-refractivity contribution in [1.82, 2.24) is 5.32 Å². The van der Waals surface area contributed by atoms with Crippen molar-refractivity contribution in [3.63, 3.8) is 0 Å². The van der Waals surface area contributed by atoms with Crippen LogP contribution in [-0.2, 0) is 9.53 Å². The van der Waals surface area contributed by atoms with E-state index < -0.39 is 11.7 Å². The highest BCUT2D eigenvalue weighted by Crippen LogP contribution is 2.34. The van der Waals surface area contributed by atoms with Gasteiger partial charge in [0.15, 0.2) is 5.78 Å². The molecule has 1 amide bonds. The van der Waals surface area contributed by atoms with Gasteiger partial charge in [-0.05, 0) is 52.5 Å². The van der Waals surface area contributed by atoms with Gasteiger partial charge in [0.05, 0.1) is 0 Å². The molecule has 1 aliphatic rings. The van der Waals surface area contributed by atoms with Gasteiger partial charge in [0.25, 0.3) is 0 Å². The summed E-state index contributed by atoms with van der Waals surface area (Å²) in [6.45, 7) is 7.28. The number of carbonyl (C=O) groups is 2. The molecule has 1 rings (SSSR count). The number of rotatable bonds is 5. The van der Waals surface area contributed by atoms with Gasteiger partial charge in [-0.2, -0.15) is 0 Å². The van der Waals surface area contributed by atoms with Crippen LogP contribution in [0, 0.1) is 5.92 Å². The number of carbonyl (C=O) groups excluding carboxylic acids is 2. The molecule has 1 fully saturated rings. The van der Waals surface area contributed by atoms with Gasteiger partial charge in [-0.25, -0.2) is 4.79 Å². The van der Waals surface area contributed by atoms with Gasteiger partial charge in [0, 0.05) is 12.5 Å². The number of allylic oxidation sites excluding steroid dienone is 2. The molecule has 18 heavy (non-hydrogen) atoms. The summed E-state index contributed by atoms with van der Waals surface area (Å²) in [5.74, 6) is 0.470. The lowest BCUT2D eigenvalue weighted by Gasteiger charge is -2.23. The van der Waals surface area contributed by atoms with Crippen molar-refractivity contribution < 1.29 is 14.3 Å². The summed E-state index contributed by atoms with van der Waals surface area (Å²) in [5.41, 5.74) is -0.508. The summed E-state index contributed by atoms with van der Waals surface area (Å²) in [4.78, 5) is 23.3. The van der Waals surface area contributed by atoms with Gasteiger partial charge in [-0.3, -0.25) is 4.79 Å². The zero-order chi connectivity index (χ0) is 13.8. The molecule has 0 heterocycles. The summed E-state index contributed by atoms with van der Waals surface area (Å²) in [5, 5.41) is 2.81. The smallest absolute Gasteiger partial charge is 0.407 e. The summed E-state index contributed by atoms with van der Waals surface area (Å²) in [6, 6.07) is -0.0939. The number of hydrogen-bond donors (Lipinski definition) is 1. The molecule has 0 radical (unpaired) electrons. The first-order valence-corrected chi connectivity index (χ1v) is 6.47. The molecule has 0 aliphatic heterocycles. The van der Waals surface area contributed by atoms with E-state index in [1.807, 2.05) is 27.7 Å². The Morgan fingerprint density at radius 3 is 2.44 bits per heavy atom. The van der Waals surface area contributed by atoms with Gasteiger partial charge in [-0.1, -0.05) is 6.08 Å². The second kappa shape index (κ2) is 6.03. The second-order valence-corrected chi connectivity index (χ2v) is 5.76. The highest BCUT2D eigenvalue weighted by molar-refractivity contribution is 5.90. The number of ether oxygens (including phenoxy) is 1. The first kappa shape index (κ1) is 14.7. The van der Waals surface area contributed by atoms with Gasteiger partial charge in [0.2, 0.25) is 0 Å². The third-order valence-electron chi connectivity index (χ3n) is 2.67. The largest absolute Gasteiger partial charge is 0.444 e. The van der Waals surface area contributed by atoms with Crippen molar-refractivity contribution in [2.75, 3.05) is 0 Å². The Balaban J connectivity index is 2.48. The number of alkyl carbamates (subject to hydrolysis) is 1. The average molecular weight is 253 g/mol. The Bertz CT molecular complexity index is 337. The normalized spacial score (nSPS) is 17.6. The van der Waals surface area contributed by atoms with E-state index >= 15 is 0 Å². The Morgan fingerprint density at radius 1 is 1.39 bits per heavy atom. The topological polar surface area (TPSA) is 55.4 Å². The summed E-state index contributed by atoms with van der Waals surface area (Å²) in [7, 11) is 0. The minimum absolute atomic E-state index is 0.0467. The molecule has 1 unspecified atom stereocenters. The van der Waals surface area contributed by atoms with Crippen LogP contribution in [-0.4, -0.2) is 23.5 Å². The van der Waals surface area contributed by atoms with Gasteiger partial charge in [-0.15, -0.1) is 0 Å². The standard InChI is InChI=1S/C14H23NO3/c1-5-6-11(16)9-12(10-7-8-10)15-13(17)18-14(2,3)4/h5-6,10,12H,7-9H2,1-4H3,(H,15,17)/b6-5+. The van der Waals surface area contributed by atoms with Crippen LogP contribution in [0.3, 0.4) is 0 Å². The van der Waals surface area contributed by atoms with E-state index in [-0.39, 0.29) is 11.8 Å². The van der Waals surface area contributed by atoms with Crippen LogP contribution in [0.1, 0.15) is 47.0 Å². The molecule has 1 atom stereocenters. The summed E-state index contributed by atoms with van der Waals surface area (Å²) in [6.07, 6.45) is 5.33. The maximum Gasteiger partial charge on any atom is 0.407 e. The number of hydrogen-bond acceptors (Lipinski definition) is 3. The molecule has 0 saturated heterocycles. The van der Waals surface area contributed by atoms with Crippen LogP contribution in [0.25, 0.3) is 0 Å².